The van der Waals surface area contributed by atoms with Crippen molar-refractivity contribution in [3.8, 4) is 33.4 Å². The molecule has 0 aliphatic carbocycles. The number of hydrogen-bond donors (Lipinski definition) is 0. The molecule has 2 aromatic heterocycles. The summed E-state index contributed by atoms with van der Waals surface area (Å²) in [4.78, 5) is 0. The molecule has 0 unspecified atom stereocenters. The van der Waals surface area contributed by atoms with Gasteiger partial charge in [-0.15, -0.1) is 22.7 Å². The van der Waals surface area contributed by atoms with E-state index in [0.29, 0.717) is 0 Å². The minimum atomic E-state index is 1.23. The summed E-state index contributed by atoms with van der Waals surface area (Å²) in [7, 11) is 0. The molecule has 0 amide bonds. The molecule has 10 aromatic rings. The van der Waals surface area contributed by atoms with Crippen LogP contribution >= 0.6 is 22.7 Å². The van der Waals surface area contributed by atoms with Crippen LogP contribution in [-0.4, -0.2) is 0 Å². The molecule has 2 heteroatoms. The number of rotatable bonds is 3. The monoisotopic (exact) mass is 618 g/mol. The number of hydrogen-bond acceptors (Lipinski definition) is 2. The van der Waals surface area contributed by atoms with E-state index in [2.05, 4.69) is 158 Å². The predicted octanol–water partition coefficient (Wildman–Crippen LogP) is 13.7. The highest BCUT2D eigenvalue weighted by Gasteiger charge is 2.19. The van der Waals surface area contributed by atoms with Crippen molar-refractivity contribution in [3.05, 3.63) is 158 Å². The van der Waals surface area contributed by atoms with E-state index >= 15 is 0 Å². The third-order valence-electron chi connectivity index (χ3n) is 9.46. The van der Waals surface area contributed by atoms with Gasteiger partial charge in [0.15, 0.2) is 0 Å². The number of thiophene rings is 2. The smallest absolute Gasteiger partial charge is 0.0534 e. The summed E-state index contributed by atoms with van der Waals surface area (Å²) in [5, 5.41) is 10.5. The lowest BCUT2D eigenvalue weighted by atomic mass is 9.85. The first-order chi connectivity index (χ1) is 22.8. The SMILES string of the molecule is c1ccc(-c2cccc(-c3c4ccccc4c(-c4ccc5sc6c(ccc7c8ccccc8sc76)c5c4)c4ccccc34)c2)cc1. The van der Waals surface area contributed by atoms with E-state index in [4.69, 9.17) is 0 Å². The molecule has 214 valence electrons. The number of benzene rings is 8. The van der Waals surface area contributed by atoms with E-state index in [1.165, 1.54) is 95.3 Å². The lowest BCUT2D eigenvalue weighted by Crippen LogP contribution is -1.91. The molecule has 0 saturated heterocycles. The first kappa shape index (κ1) is 26.0. The van der Waals surface area contributed by atoms with Crippen LogP contribution in [-0.2, 0) is 0 Å². The Labute approximate surface area is 274 Å². The Bertz CT molecular complexity index is 2740. The zero-order chi connectivity index (χ0) is 30.2. The number of fused-ring (bicyclic) bond motifs is 9. The van der Waals surface area contributed by atoms with E-state index in [9.17, 15) is 0 Å². The van der Waals surface area contributed by atoms with Crippen LogP contribution in [0, 0.1) is 0 Å². The van der Waals surface area contributed by atoms with Gasteiger partial charge in [0.05, 0.1) is 9.40 Å². The molecule has 0 N–H and O–H groups in total. The minimum absolute atomic E-state index is 1.23. The Hall–Kier alpha value is -5.28. The molecule has 0 aliphatic rings. The molecule has 46 heavy (non-hydrogen) atoms. The molecule has 2 heterocycles. The van der Waals surface area contributed by atoms with Gasteiger partial charge in [-0.1, -0.05) is 133 Å². The highest BCUT2D eigenvalue weighted by atomic mass is 32.1. The lowest BCUT2D eigenvalue weighted by Gasteiger charge is -2.18. The van der Waals surface area contributed by atoms with E-state index in [1.807, 2.05) is 22.7 Å². The summed E-state index contributed by atoms with van der Waals surface area (Å²) >= 11 is 3.85. The van der Waals surface area contributed by atoms with Crippen molar-refractivity contribution in [2.45, 2.75) is 0 Å². The van der Waals surface area contributed by atoms with Crippen LogP contribution in [0.2, 0.25) is 0 Å². The van der Waals surface area contributed by atoms with Crippen LogP contribution in [0.5, 0.6) is 0 Å². The zero-order valence-electron chi connectivity index (χ0n) is 24.8. The van der Waals surface area contributed by atoms with E-state index in [-0.39, 0.29) is 0 Å². The Morgan fingerprint density at radius 1 is 0.261 bits per heavy atom. The molecule has 0 fully saturated rings. The second kappa shape index (κ2) is 10.1. The Morgan fingerprint density at radius 2 is 0.739 bits per heavy atom. The average Bonchev–Trinajstić information content (AvgIpc) is 3.69. The fourth-order valence-corrected chi connectivity index (χ4v) is 9.93. The fourth-order valence-electron chi connectivity index (χ4n) is 7.41. The van der Waals surface area contributed by atoms with Crippen LogP contribution in [0.25, 0.3) is 95.3 Å². The van der Waals surface area contributed by atoms with E-state index < -0.39 is 0 Å². The maximum Gasteiger partial charge on any atom is 0.0534 e. The van der Waals surface area contributed by atoms with Crippen molar-refractivity contribution in [2.24, 2.45) is 0 Å². The maximum atomic E-state index is 2.44. The topological polar surface area (TPSA) is 0 Å². The largest absolute Gasteiger partial charge is 0.134 e. The second-order valence-corrected chi connectivity index (χ2v) is 14.1. The van der Waals surface area contributed by atoms with Crippen LogP contribution in [0.15, 0.2) is 158 Å². The molecule has 0 spiro atoms. The lowest BCUT2D eigenvalue weighted by molar-refractivity contribution is 1.61. The summed E-state index contributed by atoms with van der Waals surface area (Å²) in [5.74, 6) is 0. The summed E-state index contributed by atoms with van der Waals surface area (Å²) in [6, 6.07) is 58.2. The van der Waals surface area contributed by atoms with Crippen molar-refractivity contribution in [1.29, 1.82) is 0 Å². The second-order valence-electron chi connectivity index (χ2n) is 12.0. The maximum absolute atomic E-state index is 2.44. The van der Waals surface area contributed by atoms with Crippen LogP contribution in [0.1, 0.15) is 0 Å². The Morgan fingerprint density at radius 3 is 1.39 bits per heavy atom. The third-order valence-corrected chi connectivity index (χ3v) is 12.0. The van der Waals surface area contributed by atoms with Gasteiger partial charge in [0.1, 0.15) is 0 Å². The van der Waals surface area contributed by atoms with Gasteiger partial charge < -0.3 is 0 Å². The molecule has 0 nitrogen and oxygen atoms in total. The highest BCUT2D eigenvalue weighted by Crippen LogP contribution is 2.48. The molecule has 0 saturated carbocycles. The molecule has 8 aromatic carbocycles. The van der Waals surface area contributed by atoms with Gasteiger partial charge in [0.2, 0.25) is 0 Å². The van der Waals surface area contributed by atoms with Gasteiger partial charge in [-0.2, -0.15) is 0 Å². The first-order valence-corrected chi connectivity index (χ1v) is 17.3. The normalized spacial score (nSPS) is 11.9. The van der Waals surface area contributed by atoms with Crippen molar-refractivity contribution in [2.75, 3.05) is 0 Å². The molecule has 0 aliphatic heterocycles. The average molecular weight is 619 g/mol. The van der Waals surface area contributed by atoms with Crippen LogP contribution in [0.4, 0.5) is 0 Å². The van der Waals surface area contributed by atoms with Gasteiger partial charge in [-0.25, -0.2) is 0 Å². The Balaban J connectivity index is 1.23. The summed E-state index contributed by atoms with van der Waals surface area (Å²) in [5.41, 5.74) is 7.57. The molecule has 0 radical (unpaired) electrons. The van der Waals surface area contributed by atoms with Crippen molar-refractivity contribution in [1.82, 2.24) is 0 Å². The molecule has 0 bridgehead atoms. The third kappa shape index (κ3) is 3.84. The van der Waals surface area contributed by atoms with Gasteiger partial charge >= 0.3 is 0 Å². The fraction of sp³-hybridized carbons (Fsp3) is 0. The van der Waals surface area contributed by atoms with Crippen LogP contribution in [0.3, 0.4) is 0 Å². The standard InChI is InChI=1S/C44H26S2/c1-2-11-27(12-3-1)28-13-10-14-29(25-28)41-32-16-4-6-18-34(32)42(35-19-7-5-17-33(35)41)30-21-24-40-38(26-30)37-23-22-36-31-15-8-9-20-39(31)45-43(36)44(37)46-40/h1-26H. The van der Waals surface area contributed by atoms with Gasteiger partial charge in [0, 0.05) is 30.9 Å². The summed E-state index contributed by atoms with van der Waals surface area (Å²) < 4.78 is 5.50. The van der Waals surface area contributed by atoms with E-state index in [1.54, 1.807) is 0 Å². The molecular formula is C44H26S2. The quantitative estimate of drug-likeness (QED) is 0.173. The van der Waals surface area contributed by atoms with Crippen molar-refractivity contribution < 1.29 is 0 Å². The van der Waals surface area contributed by atoms with Gasteiger partial charge in [-0.05, 0) is 79.2 Å². The Kier molecular flexibility index (Phi) is 5.72. The van der Waals surface area contributed by atoms with E-state index in [0.717, 1.165) is 0 Å². The molecule has 0 atom stereocenters. The van der Waals surface area contributed by atoms with Gasteiger partial charge in [0.25, 0.3) is 0 Å². The van der Waals surface area contributed by atoms with Gasteiger partial charge in [-0.3, -0.25) is 0 Å². The molecule has 10 rings (SSSR count). The first-order valence-electron chi connectivity index (χ1n) is 15.7. The van der Waals surface area contributed by atoms with Crippen molar-refractivity contribution >= 4 is 84.6 Å². The highest BCUT2D eigenvalue weighted by molar-refractivity contribution is 7.33. The van der Waals surface area contributed by atoms with Crippen LogP contribution < -0.4 is 0 Å². The zero-order valence-corrected chi connectivity index (χ0v) is 26.5. The molecular weight excluding hydrogens is 593 g/mol. The summed E-state index contributed by atoms with van der Waals surface area (Å²) in [6.07, 6.45) is 0. The predicted molar refractivity (Wildman–Crippen MR) is 204 cm³/mol. The minimum Gasteiger partial charge on any atom is -0.134 e. The summed E-state index contributed by atoms with van der Waals surface area (Å²) in [6.45, 7) is 0. The van der Waals surface area contributed by atoms with Crippen molar-refractivity contribution in [3.63, 3.8) is 0 Å².